The Hall–Kier alpha value is -2.82. The first-order valence-electron chi connectivity index (χ1n) is 7.74. The summed E-state index contributed by atoms with van der Waals surface area (Å²) >= 11 is 0. The highest BCUT2D eigenvalue weighted by molar-refractivity contribution is 5.98. The first kappa shape index (κ1) is 17.5. The molecule has 0 fully saturated rings. The van der Waals surface area contributed by atoms with Crippen LogP contribution >= 0.6 is 0 Å². The number of aryl methyl sites for hydroxylation is 1. The van der Waals surface area contributed by atoms with Gasteiger partial charge in [-0.15, -0.1) is 0 Å². The van der Waals surface area contributed by atoms with Crippen molar-refractivity contribution in [3.63, 3.8) is 0 Å². The molecule has 5 heteroatoms. The van der Waals surface area contributed by atoms with Crippen LogP contribution in [0.1, 0.15) is 18.1 Å². The molecule has 0 saturated carbocycles. The lowest BCUT2D eigenvalue weighted by Crippen LogP contribution is -2.39. The van der Waals surface area contributed by atoms with Crippen molar-refractivity contribution in [2.24, 2.45) is 0 Å². The smallest absolute Gasteiger partial charge is 0.240 e. The summed E-state index contributed by atoms with van der Waals surface area (Å²) in [5.74, 6) is 0.112. The summed E-state index contributed by atoms with van der Waals surface area (Å²) in [6, 6.07) is 15.1. The first-order valence-corrected chi connectivity index (χ1v) is 7.74. The van der Waals surface area contributed by atoms with E-state index in [-0.39, 0.29) is 18.4 Å². The minimum atomic E-state index is -0.225. The van der Waals surface area contributed by atoms with Crippen LogP contribution in [0.3, 0.4) is 0 Å². The van der Waals surface area contributed by atoms with Gasteiger partial charge in [0.2, 0.25) is 11.8 Å². The van der Waals surface area contributed by atoms with Crippen LogP contribution in [0.25, 0.3) is 0 Å². The molecule has 0 aliphatic heterocycles. The molecule has 2 amide bonds. The van der Waals surface area contributed by atoms with E-state index < -0.39 is 0 Å². The largest absolute Gasteiger partial charge is 0.495 e. The lowest BCUT2D eigenvalue weighted by atomic mass is 10.1. The molecule has 0 spiro atoms. The molecule has 2 aromatic rings. The zero-order valence-corrected chi connectivity index (χ0v) is 14.2. The third-order valence-electron chi connectivity index (χ3n) is 3.67. The van der Waals surface area contributed by atoms with Crippen LogP contribution in [-0.4, -0.2) is 25.5 Å². The second-order valence-electron chi connectivity index (χ2n) is 5.54. The van der Waals surface area contributed by atoms with Gasteiger partial charge in [0.1, 0.15) is 12.3 Å². The average molecular weight is 326 g/mol. The number of carbonyl (C=O) groups is 2. The number of carbonyl (C=O) groups excluding carboxylic acids is 2. The van der Waals surface area contributed by atoms with Crippen LogP contribution in [0.2, 0.25) is 0 Å². The van der Waals surface area contributed by atoms with E-state index in [4.69, 9.17) is 4.74 Å². The fourth-order valence-corrected chi connectivity index (χ4v) is 2.32. The molecule has 0 unspecified atom stereocenters. The van der Waals surface area contributed by atoms with Gasteiger partial charge in [0.25, 0.3) is 0 Å². The molecular formula is C19H22N2O3. The molecular weight excluding hydrogens is 304 g/mol. The van der Waals surface area contributed by atoms with Crippen molar-refractivity contribution >= 4 is 17.5 Å². The number of anilines is 1. The molecule has 0 atom stereocenters. The predicted octanol–water partition coefficient (Wildman–Crippen LogP) is 2.67. The van der Waals surface area contributed by atoms with E-state index in [1.54, 1.807) is 18.2 Å². The molecule has 2 rings (SSSR count). The van der Waals surface area contributed by atoms with Gasteiger partial charge >= 0.3 is 0 Å². The molecule has 0 heterocycles. The highest BCUT2D eigenvalue weighted by Crippen LogP contribution is 2.27. The molecule has 5 nitrogen and oxygen atoms in total. The van der Waals surface area contributed by atoms with E-state index in [0.29, 0.717) is 18.0 Å². The fraction of sp³-hybridized carbons (Fsp3) is 0.263. The summed E-state index contributed by atoms with van der Waals surface area (Å²) in [6.07, 6.45) is 0. The molecule has 0 aromatic heterocycles. The second kappa shape index (κ2) is 8.15. The summed E-state index contributed by atoms with van der Waals surface area (Å²) < 4.78 is 5.27. The molecule has 126 valence electrons. The van der Waals surface area contributed by atoms with Gasteiger partial charge in [0, 0.05) is 13.5 Å². The Balaban J connectivity index is 2.03. The van der Waals surface area contributed by atoms with Crippen molar-refractivity contribution in [1.82, 2.24) is 5.32 Å². The van der Waals surface area contributed by atoms with E-state index >= 15 is 0 Å². The van der Waals surface area contributed by atoms with Gasteiger partial charge in [-0.05, 0) is 24.6 Å². The first-order chi connectivity index (χ1) is 11.5. The number of para-hydroxylation sites is 2. The Bertz CT molecular complexity index is 711. The molecule has 2 aromatic carbocycles. The Morgan fingerprint density at radius 3 is 2.38 bits per heavy atom. The zero-order chi connectivity index (χ0) is 17.5. The molecule has 0 radical (unpaired) electrons. The van der Waals surface area contributed by atoms with E-state index in [2.05, 4.69) is 5.32 Å². The fourth-order valence-electron chi connectivity index (χ4n) is 2.32. The number of hydrogen-bond acceptors (Lipinski definition) is 3. The van der Waals surface area contributed by atoms with Crippen LogP contribution in [0.4, 0.5) is 5.69 Å². The van der Waals surface area contributed by atoms with Gasteiger partial charge < -0.3 is 10.1 Å². The van der Waals surface area contributed by atoms with Gasteiger partial charge in [-0.3, -0.25) is 14.5 Å². The number of hydrogen-bond donors (Lipinski definition) is 1. The van der Waals surface area contributed by atoms with Crippen molar-refractivity contribution < 1.29 is 14.3 Å². The standard InChI is InChI=1S/C19H22N2O3/c1-14-8-10-16(11-9-14)12-20-19(23)13-21(15(2)22)17-6-4-5-7-18(17)24-3/h4-11H,12-13H2,1-3H3,(H,20,23). The number of ether oxygens (including phenoxy) is 1. The van der Waals surface area contributed by atoms with E-state index in [9.17, 15) is 9.59 Å². The number of nitrogens with zero attached hydrogens (tertiary/aromatic N) is 1. The maximum absolute atomic E-state index is 12.2. The summed E-state index contributed by atoms with van der Waals surface area (Å²) in [5, 5.41) is 2.84. The summed E-state index contributed by atoms with van der Waals surface area (Å²) in [7, 11) is 1.54. The number of amides is 2. The highest BCUT2D eigenvalue weighted by Gasteiger charge is 2.18. The SMILES string of the molecule is COc1ccccc1N(CC(=O)NCc1ccc(C)cc1)C(C)=O. The molecule has 24 heavy (non-hydrogen) atoms. The van der Waals surface area contributed by atoms with Crippen molar-refractivity contribution in [2.45, 2.75) is 20.4 Å². The van der Waals surface area contributed by atoms with Gasteiger partial charge in [-0.2, -0.15) is 0 Å². The van der Waals surface area contributed by atoms with Crippen LogP contribution in [0.5, 0.6) is 5.75 Å². The van der Waals surface area contributed by atoms with Crippen molar-refractivity contribution in [3.05, 3.63) is 59.7 Å². The highest BCUT2D eigenvalue weighted by atomic mass is 16.5. The number of benzene rings is 2. The normalized spacial score (nSPS) is 10.1. The predicted molar refractivity (Wildman–Crippen MR) is 94.0 cm³/mol. The van der Waals surface area contributed by atoms with Gasteiger partial charge in [-0.1, -0.05) is 42.0 Å². The molecule has 0 saturated heterocycles. The summed E-state index contributed by atoms with van der Waals surface area (Å²) in [4.78, 5) is 25.6. The summed E-state index contributed by atoms with van der Waals surface area (Å²) in [5.41, 5.74) is 2.77. The lowest BCUT2D eigenvalue weighted by molar-refractivity contribution is -0.123. The Morgan fingerprint density at radius 2 is 1.75 bits per heavy atom. The van der Waals surface area contributed by atoms with Crippen molar-refractivity contribution in [1.29, 1.82) is 0 Å². The quantitative estimate of drug-likeness (QED) is 0.888. The van der Waals surface area contributed by atoms with Crippen LogP contribution in [-0.2, 0) is 16.1 Å². The average Bonchev–Trinajstić information content (AvgIpc) is 2.59. The van der Waals surface area contributed by atoms with E-state index in [0.717, 1.165) is 5.56 Å². The van der Waals surface area contributed by atoms with Gasteiger partial charge in [0.15, 0.2) is 0 Å². The molecule has 0 aliphatic rings. The van der Waals surface area contributed by atoms with E-state index in [1.165, 1.54) is 24.5 Å². The number of rotatable bonds is 6. The van der Waals surface area contributed by atoms with Gasteiger partial charge in [-0.25, -0.2) is 0 Å². The maximum Gasteiger partial charge on any atom is 0.240 e. The molecule has 0 aliphatic carbocycles. The number of methoxy groups -OCH3 is 1. The van der Waals surface area contributed by atoms with Gasteiger partial charge in [0.05, 0.1) is 12.8 Å². The van der Waals surface area contributed by atoms with Crippen LogP contribution < -0.4 is 15.0 Å². The van der Waals surface area contributed by atoms with Crippen molar-refractivity contribution in [3.8, 4) is 5.75 Å². The minimum absolute atomic E-state index is 0.0540. The zero-order valence-electron chi connectivity index (χ0n) is 14.2. The second-order valence-corrected chi connectivity index (χ2v) is 5.54. The monoisotopic (exact) mass is 326 g/mol. The Morgan fingerprint density at radius 1 is 1.08 bits per heavy atom. The van der Waals surface area contributed by atoms with E-state index in [1.807, 2.05) is 37.3 Å². The summed E-state index contributed by atoms with van der Waals surface area (Å²) in [6.45, 7) is 3.82. The Kier molecular flexibility index (Phi) is 5.95. The van der Waals surface area contributed by atoms with Crippen LogP contribution in [0.15, 0.2) is 48.5 Å². The minimum Gasteiger partial charge on any atom is -0.495 e. The number of nitrogens with one attached hydrogen (secondary N) is 1. The third-order valence-corrected chi connectivity index (χ3v) is 3.67. The topological polar surface area (TPSA) is 58.6 Å². The van der Waals surface area contributed by atoms with Crippen molar-refractivity contribution in [2.75, 3.05) is 18.6 Å². The third kappa shape index (κ3) is 4.59. The Labute approximate surface area is 142 Å². The maximum atomic E-state index is 12.2. The van der Waals surface area contributed by atoms with Crippen LogP contribution in [0, 0.1) is 6.92 Å². The molecule has 1 N–H and O–H groups in total. The lowest BCUT2D eigenvalue weighted by Gasteiger charge is -2.22. The molecule has 0 bridgehead atoms.